The van der Waals surface area contributed by atoms with Gasteiger partial charge in [0.15, 0.2) is 0 Å². The number of unbranched alkanes of at least 4 members (excludes halogenated alkanes) is 15. The summed E-state index contributed by atoms with van der Waals surface area (Å²) in [4.78, 5) is 2.39. The van der Waals surface area contributed by atoms with Crippen LogP contribution in [0.5, 0.6) is 0 Å². The maximum absolute atomic E-state index is 2.47. The third-order valence-electron chi connectivity index (χ3n) is 6.45. The van der Waals surface area contributed by atoms with E-state index in [1.54, 1.807) is 0 Å². The molecule has 0 bridgehead atoms. The molecule has 0 heterocycles. The van der Waals surface area contributed by atoms with Crippen LogP contribution in [0.25, 0.3) is 0 Å². The van der Waals surface area contributed by atoms with Gasteiger partial charge in [0.1, 0.15) is 0 Å². The average Bonchev–Trinajstić information content (AvgIpc) is 2.78. The Labute approximate surface area is 203 Å². The number of rotatable bonds is 24. The Morgan fingerprint density at radius 3 is 1.50 bits per heavy atom. The van der Waals surface area contributed by atoms with Crippen LogP contribution in [0.15, 0.2) is 36.5 Å². The second-order valence-electron chi connectivity index (χ2n) is 9.89. The molecule has 0 radical (unpaired) electrons. The molecule has 32 heavy (non-hydrogen) atoms. The standard InChI is InChI=1S/C31H59N/c1-5-7-9-11-13-14-15-16-17-18-19-20-21-22-24-26-28-30-31(32(3)4)29-27-25-23-12-10-8-6-2/h13-14,16-17,28,30-31H,5-12,15,18-27,29H2,1-4H3. The van der Waals surface area contributed by atoms with Gasteiger partial charge in [-0.2, -0.15) is 0 Å². The number of hydrogen-bond donors (Lipinski definition) is 0. The molecule has 0 fully saturated rings. The van der Waals surface area contributed by atoms with Crippen molar-refractivity contribution in [2.24, 2.45) is 0 Å². The lowest BCUT2D eigenvalue weighted by atomic mass is 10.0. The fourth-order valence-electron chi connectivity index (χ4n) is 4.16. The maximum atomic E-state index is 2.47. The topological polar surface area (TPSA) is 3.24 Å². The van der Waals surface area contributed by atoms with Gasteiger partial charge in [-0.3, -0.25) is 0 Å². The molecule has 1 heteroatoms. The molecular formula is C31H59N. The van der Waals surface area contributed by atoms with Crippen molar-refractivity contribution in [1.82, 2.24) is 4.90 Å². The zero-order valence-electron chi connectivity index (χ0n) is 22.6. The minimum absolute atomic E-state index is 0.628. The lowest BCUT2D eigenvalue weighted by Gasteiger charge is -2.21. The van der Waals surface area contributed by atoms with Gasteiger partial charge in [0.2, 0.25) is 0 Å². The molecule has 0 aliphatic rings. The van der Waals surface area contributed by atoms with Gasteiger partial charge < -0.3 is 4.90 Å². The Kier molecular flexibility index (Phi) is 25.8. The number of allylic oxidation sites excluding steroid dienone is 5. The summed E-state index contributed by atoms with van der Waals surface area (Å²) >= 11 is 0. The van der Waals surface area contributed by atoms with Crippen molar-refractivity contribution >= 4 is 0 Å². The summed E-state index contributed by atoms with van der Waals surface area (Å²) in [5, 5.41) is 0. The Bertz CT molecular complexity index is 432. The highest BCUT2D eigenvalue weighted by atomic mass is 15.1. The van der Waals surface area contributed by atoms with Gasteiger partial charge in [0, 0.05) is 6.04 Å². The summed E-state index contributed by atoms with van der Waals surface area (Å²) in [6.07, 6.45) is 41.3. The van der Waals surface area contributed by atoms with Crippen LogP contribution in [0.2, 0.25) is 0 Å². The summed E-state index contributed by atoms with van der Waals surface area (Å²) in [6, 6.07) is 0.628. The van der Waals surface area contributed by atoms with Crippen LogP contribution in [0.3, 0.4) is 0 Å². The van der Waals surface area contributed by atoms with Crippen molar-refractivity contribution in [1.29, 1.82) is 0 Å². The van der Waals surface area contributed by atoms with Gasteiger partial charge in [-0.1, -0.05) is 127 Å². The van der Waals surface area contributed by atoms with Crippen molar-refractivity contribution in [2.45, 2.75) is 148 Å². The van der Waals surface area contributed by atoms with Crippen LogP contribution in [-0.2, 0) is 0 Å². The van der Waals surface area contributed by atoms with E-state index in [2.05, 4.69) is 69.3 Å². The maximum Gasteiger partial charge on any atom is 0.0272 e. The van der Waals surface area contributed by atoms with Crippen LogP contribution in [0.1, 0.15) is 142 Å². The minimum Gasteiger partial charge on any atom is -0.303 e. The molecule has 0 N–H and O–H groups in total. The average molecular weight is 446 g/mol. The van der Waals surface area contributed by atoms with Crippen LogP contribution in [0, 0.1) is 0 Å². The van der Waals surface area contributed by atoms with E-state index in [1.165, 1.54) is 122 Å². The van der Waals surface area contributed by atoms with Crippen molar-refractivity contribution in [2.75, 3.05) is 14.1 Å². The van der Waals surface area contributed by atoms with Gasteiger partial charge in [-0.05, 0) is 65.5 Å². The van der Waals surface area contributed by atoms with E-state index < -0.39 is 0 Å². The highest BCUT2D eigenvalue weighted by Crippen LogP contribution is 2.14. The summed E-state index contributed by atoms with van der Waals surface area (Å²) in [7, 11) is 4.46. The molecule has 0 aliphatic carbocycles. The quantitative estimate of drug-likeness (QED) is 0.105. The van der Waals surface area contributed by atoms with E-state index in [4.69, 9.17) is 0 Å². The molecule has 0 aromatic heterocycles. The molecule has 188 valence electrons. The predicted octanol–water partition coefficient (Wildman–Crippen LogP) is 10.4. The zero-order valence-corrected chi connectivity index (χ0v) is 22.6. The first-order valence-electron chi connectivity index (χ1n) is 14.3. The third kappa shape index (κ3) is 23.8. The molecule has 0 rings (SSSR count). The normalized spacial score (nSPS) is 13.4. The molecule has 0 amide bonds. The molecule has 1 atom stereocenters. The van der Waals surface area contributed by atoms with Crippen molar-refractivity contribution < 1.29 is 0 Å². The van der Waals surface area contributed by atoms with Gasteiger partial charge in [-0.15, -0.1) is 0 Å². The van der Waals surface area contributed by atoms with E-state index >= 15 is 0 Å². The zero-order chi connectivity index (χ0) is 23.5. The molecule has 0 aliphatic heterocycles. The van der Waals surface area contributed by atoms with E-state index in [-0.39, 0.29) is 0 Å². The first-order valence-corrected chi connectivity index (χ1v) is 14.3. The first kappa shape index (κ1) is 31.2. The second kappa shape index (κ2) is 26.4. The minimum atomic E-state index is 0.628. The number of nitrogens with zero attached hydrogens (tertiary/aromatic N) is 1. The summed E-state index contributed by atoms with van der Waals surface area (Å²) in [5.41, 5.74) is 0. The molecular weight excluding hydrogens is 386 g/mol. The monoisotopic (exact) mass is 445 g/mol. The second-order valence-corrected chi connectivity index (χ2v) is 9.89. The van der Waals surface area contributed by atoms with Crippen molar-refractivity contribution in [3.8, 4) is 0 Å². The van der Waals surface area contributed by atoms with Gasteiger partial charge in [0.05, 0.1) is 0 Å². The Hall–Kier alpha value is -0.820. The van der Waals surface area contributed by atoms with E-state index in [0.29, 0.717) is 6.04 Å². The largest absolute Gasteiger partial charge is 0.303 e. The van der Waals surface area contributed by atoms with Crippen LogP contribution < -0.4 is 0 Å². The van der Waals surface area contributed by atoms with E-state index in [0.717, 1.165) is 6.42 Å². The first-order chi connectivity index (χ1) is 15.7. The highest BCUT2D eigenvalue weighted by Gasteiger charge is 2.06. The van der Waals surface area contributed by atoms with Crippen LogP contribution >= 0.6 is 0 Å². The summed E-state index contributed by atoms with van der Waals surface area (Å²) < 4.78 is 0. The Morgan fingerprint density at radius 1 is 0.500 bits per heavy atom. The summed E-state index contributed by atoms with van der Waals surface area (Å²) in [5.74, 6) is 0. The number of likely N-dealkylation sites (N-methyl/N-ethyl adjacent to an activating group) is 1. The highest BCUT2D eigenvalue weighted by molar-refractivity contribution is 4.93. The molecule has 0 saturated carbocycles. The Morgan fingerprint density at radius 2 is 0.938 bits per heavy atom. The van der Waals surface area contributed by atoms with Gasteiger partial charge in [-0.25, -0.2) is 0 Å². The van der Waals surface area contributed by atoms with E-state index in [1.807, 2.05) is 0 Å². The summed E-state index contributed by atoms with van der Waals surface area (Å²) in [6.45, 7) is 4.56. The fraction of sp³-hybridized carbons (Fsp3) is 0.806. The molecule has 0 spiro atoms. The fourth-order valence-corrected chi connectivity index (χ4v) is 4.16. The van der Waals surface area contributed by atoms with Crippen molar-refractivity contribution in [3.05, 3.63) is 36.5 Å². The van der Waals surface area contributed by atoms with Crippen molar-refractivity contribution in [3.63, 3.8) is 0 Å². The molecule has 0 aromatic rings. The molecule has 1 unspecified atom stereocenters. The predicted molar refractivity (Wildman–Crippen MR) is 149 cm³/mol. The SMILES string of the molecule is CCCCCC=CCC=CCCCCCCCC=CC(CCCCCCCCC)N(C)C. The lowest BCUT2D eigenvalue weighted by molar-refractivity contribution is 0.319. The van der Waals surface area contributed by atoms with Gasteiger partial charge >= 0.3 is 0 Å². The van der Waals surface area contributed by atoms with Crippen LogP contribution in [-0.4, -0.2) is 25.0 Å². The van der Waals surface area contributed by atoms with E-state index in [9.17, 15) is 0 Å². The molecule has 0 saturated heterocycles. The number of hydrogen-bond acceptors (Lipinski definition) is 1. The Balaban J connectivity index is 3.56. The van der Waals surface area contributed by atoms with Crippen LogP contribution in [0.4, 0.5) is 0 Å². The smallest absolute Gasteiger partial charge is 0.0272 e. The molecule has 1 nitrogen and oxygen atoms in total. The third-order valence-corrected chi connectivity index (χ3v) is 6.45. The lowest BCUT2D eigenvalue weighted by Crippen LogP contribution is -2.25. The van der Waals surface area contributed by atoms with Gasteiger partial charge in [0.25, 0.3) is 0 Å². The molecule has 0 aromatic carbocycles.